The van der Waals surface area contributed by atoms with Crippen LogP contribution in [-0.4, -0.2) is 48.7 Å². The van der Waals surface area contributed by atoms with Crippen LogP contribution in [0.15, 0.2) is 24.3 Å². The molecule has 1 aromatic carbocycles. The van der Waals surface area contributed by atoms with E-state index in [-0.39, 0.29) is 17.9 Å². The maximum Gasteiger partial charge on any atom is 0.253 e. The second kappa shape index (κ2) is 8.34. The summed E-state index contributed by atoms with van der Waals surface area (Å²) in [6, 6.07) is 7.90. The van der Waals surface area contributed by atoms with Crippen LogP contribution in [0.2, 0.25) is 0 Å². The molecule has 1 aliphatic heterocycles. The highest BCUT2D eigenvalue weighted by molar-refractivity contribution is 5.94. The first-order valence-corrected chi connectivity index (χ1v) is 8.81. The lowest BCUT2D eigenvalue weighted by molar-refractivity contribution is 0.0466. The Morgan fingerprint density at radius 2 is 2.09 bits per heavy atom. The van der Waals surface area contributed by atoms with Crippen molar-refractivity contribution in [3.8, 4) is 0 Å². The SMILES string of the molecule is CCCCN(C)c1ccc(C(=O)N2CCCC(C(C)O)C2)cc1. The molecule has 1 amide bonds. The predicted octanol–water partition coefficient (Wildman–Crippen LogP) is 3.16. The average Bonchev–Trinajstić information content (AvgIpc) is 2.59. The summed E-state index contributed by atoms with van der Waals surface area (Å²) in [6.45, 7) is 6.50. The second-order valence-corrected chi connectivity index (χ2v) is 6.72. The predicted molar refractivity (Wildman–Crippen MR) is 94.9 cm³/mol. The molecule has 0 saturated carbocycles. The molecule has 1 heterocycles. The molecular formula is C19H30N2O2. The Morgan fingerprint density at radius 3 is 2.70 bits per heavy atom. The summed E-state index contributed by atoms with van der Waals surface area (Å²) in [5.74, 6) is 0.283. The molecule has 1 N–H and O–H groups in total. The van der Waals surface area contributed by atoms with E-state index >= 15 is 0 Å². The molecule has 4 nitrogen and oxygen atoms in total. The molecule has 0 bridgehead atoms. The number of carbonyl (C=O) groups excluding carboxylic acids is 1. The van der Waals surface area contributed by atoms with Crippen molar-refractivity contribution in [2.24, 2.45) is 5.92 Å². The number of aliphatic hydroxyl groups excluding tert-OH is 1. The number of rotatable bonds is 6. The third-order valence-electron chi connectivity index (χ3n) is 4.83. The van der Waals surface area contributed by atoms with Gasteiger partial charge in [0, 0.05) is 43.9 Å². The van der Waals surface area contributed by atoms with E-state index in [1.54, 1.807) is 0 Å². The van der Waals surface area contributed by atoms with Crippen LogP contribution in [0.25, 0.3) is 0 Å². The molecule has 0 aromatic heterocycles. The highest BCUT2D eigenvalue weighted by atomic mass is 16.3. The average molecular weight is 318 g/mol. The van der Waals surface area contributed by atoms with Gasteiger partial charge in [-0.25, -0.2) is 0 Å². The second-order valence-electron chi connectivity index (χ2n) is 6.72. The first-order chi connectivity index (χ1) is 11.0. The van der Waals surface area contributed by atoms with E-state index in [4.69, 9.17) is 0 Å². The molecular weight excluding hydrogens is 288 g/mol. The molecule has 1 aliphatic rings. The number of likely N-dealkylation sites (tertiary alicyclic amines) is 1. The van der Waals surface area contributed by atoms with Gasteiger partial charge in [-0.1, -0.05) is 13.3 Å². The number of carbonyl (C=O) groups is 1. The largest absolute Gasteiger partial charge is 0.393 e. The summed E-state index contributed by atoms with van der Waals surface area (Å²) in [5.41, 5.74) is 1.89. The van der Waals surface area contributed by atoms with Gasteiger partial charge in [-0.2, -0.15) is 0 Å². The van der Waals surface area contributed by atoms with Gasteiger partial charge >= 0.3 is 0 Å². The van der Waals surface area contributed by atoms with Crippen LogP contribution < -0.4 is 4.90 Å². The Labute approximate surface area is 140 Å². The maximum atomic E-state index is 12.7. The first-order valence-electron chi connectivity index (χ1n) is 8.81. The minimum atomic E-state index is -0.347. The van der Waals surface area contributed by atoms with Crippen molar-refractivity contribution in [1.82, 2.24) is 4.90 Å². The van der Waals surface area contributed by atoms with E-state index in [9.17, 15) is 9.90 Å². The van der Waals surface area contributed by atoms with Gasteiger partial charge in [0.25, 0.3) is 5.91 Å². The van der Waals surface area contributed by atoms with Gasteiger partial charge in [0.15, 0.2) is 0 Å². The third-order valence-corrected chi connectivity index (χ3v) is 4.83. The van der Waals surface area contributed by atoms with Crippen molar-refractivity contribution in [3.05, 3.63) is 29.8 Å². The number of aliphatic hydroxyl groups is 1. The molecule has 2 atom stereocenters. The zero-order valence-corrected chi connectivity index (χ0v) is 14.7. The van der Waals surface area contributed by atoms with Gasteiger partial charge in [-0.3, -0.25) is 4.79 Å². The fourth-order valence-electron chi connectivity index (χ4n) is 3.15. The Bertz CT molecular complexity index is 499. The van der Waals surface area contributed by atoms with Gasteiger partial charge in [0.05, 0.1) is 6.10 Å². The lowest BCUT2D eigenvalue weighted by atomic mass is 9.93. The number of benzene rings is 1. The van der Waals surface area contributed by atoms with E-state index in [0.717, 1.165) is 37.2 Å². The quantitative estimate of drug-likeness (QED) is 0.876. The van der Waals surface area contributed by atoms with Crippen LogP contribution >= 0.6 is 0 Å². The van der Waals surface area contributed by atoms with Gasteiger partial charge in [0.1, 0.15) is 0 Å². The Morgan fingerprint density at radius 1 is 1.39 bits per heavy atom. The third kappa shape index (κ3) is 4.71. The minimum Gasteiger partial charge on any atom is -0.393 e. The van der Waals surface area contributed by atoms with E-state index in [2.05, 4.69) is 18.9 Å². The number of nitrogens with zero attached hydrogens (tertiary/aromatic N) is 2. The molecule has 1 saturated heterocycles. The van der Waals surface area contributed by atoms with Crippen molar-refractivity contribution in [2.45, 2.75) is 45.6 Å². The lowest BCUT2D eigenvalue weighted by Gasteiger charge is -2.34. The molecule has 2 rings (SSSR count). The van der Waals surface area contributed by atoms with Crippen molar-refractivity contribution in [3.63, 3.8) is 0 Å². The van der Waals surface area contributed by atoms with Crippen molar-refractivity contribution < 1.29 is 9.90 Å². The van der Waals surface area contributed by atoms with E-state index in [1.165, 1.54) is 12.8 Å². The van der Waals surface area contributed by atoms with Crippen molar-refractivity contribution in [1.29, 1.82) is 0 Å². The standard InChI is InChI=1S/C19H30N2O2/c1-4-5-12-20(3)18-10-8-16(9-11-18)19(23)21-13-6-7-17(14-21)15(2)22/h8-11,15,17,22H,4-7,12-14H2,1-3H3. The zero-order chi connectivity index (χ0) is 16.8. The van der Waals surface area contributed by atoms with Gasteiger partial charge < -0.3 is 14.9 Å². The van der Waals surface area contributed by atoms with Crippen LogP contribution in [0.3, 0.4) is 0 Å². The summed E-state index contributed by atoms with van der Waals surface area (Å²) in [7, 11) is 2.09. The van der Waals surface area contributed by atoms with Crippen molar-refractivity contribution >= 4 is 11.6 Å². The normalized spacial score (nSPS) is 19.5. The van der Waals surface area contributed by atoms with Gasteiger partial charge in [-0.15, -0.1) is 0 Å². The molecule has 4 heteroatoms. The molecule has 0 spiro atoms. The van der Waals surface area contributed by atoms with Crippen LogP contribution in [0, 0.1) is 5.92 Å². The Hall–Kier alpha value is -1.55. The number of hydrogen-bond donors (Lipinski definition) is 1. The first kappa shape index (κ1) is 17.8. The Balaban J connectivity index is 1.99. The topological polar surface area (TPSA) is 43.8 Å². The highest BCUT2D eigenvalue weighted by Gasteiger charge is 2.27. The molecule has 128 valence electrons. The van der Waals surface area contributed by atoms with Gasteiger partial charge in [0.2, 0.25) is 0 Å². The molecule has 1 aromatic rings. The lowest BCUT2D eigenvalue weighted by Crippen LogP contribution is -2.42. The van der Waals surface area contributed by atoms with E-state index in [0.29, 0.717) is 6.54 Å². The number of anilines is 1. The van der Waals surface area contributed by atoms with E-state index < -0.39 is 0 Å². The van der Waals surface area contributed by atoms with Crippen molar-refractivity contribution in [2.75, 3.05) is 31.6 Å². The van der Waals surface area contributed by atoms with Crippen LogP contribution in [0.4, 0.5) is 5.69 Å². The summed E-state index contributed by atoms with van der Waals surface area (Å²) in [6.07, 6.45) is 3.98. The molecule has 1 fully saturated rings. The molecule has 23 heavy (non-hydrogen) atoms. The zero-order valence-electron chi connectivity index (χ0n) is 14.7. The van der Waals surface area contributed by atoms with Crippen LogP contribution in [0.1, 0.15) is 49.9 Å². The van der Waals surface area contributed by atoms with E-state index in [1.807, 2.05) is 36.1 Å². The summed E-state index contributed by atoms with van der Waals surface area (Å²) < 4.78 is 0. The number of piperidine rings is 1. The summed E-state index contributed by atoms with van der Waals surface area (Å²) in [5, 5.41) is 9.77. The number of hydrogen-bond acceptors (Lipinski definition) is 3. The smallest absolute Gasteiger partial charge is 0.253 e. The molecule has 0 radical (unpaired) electrons. The fraction of sp³-hybridized carbons (Fsp3) is 0.632. The van der Waals surface area contributed by atoms with Crippen LogP contribution in [-0.2, 0) is 0 Å². The summed E-state index contributed by atoms with van der Waals surface area (Å²) in [4.78, 5) is 16.8. The molecule has 0 aliphatic carbocycles. The van der Waals surface area contributed by atoms with Gasteiger partial charge in [-0.05, 0) is 50.5 Å². The fourth-order valence-corrected chi connectivity index (χ4v) is 3.15. The number of amides is 1. The monoisotopic (exact) mass is 318 g/mol. The maximum absolute atomic E-state index is 12.7. The minimum absolute atomic E-state index is 0.0816. The van der Waals surface area contributed by atoms with Crippen LogP contribution in [0.5, 0.6) is 0 Å². The summed E-state index contributed by atoms with van der Waals surface area (Å²) >= 11 is 0. The molecule has 2 unspecified atom stereocenters. The Kier molecular flexibility index (Phi) is 6.46. The highest BCUT2D eigenvalue weighted by Crippen LogP contribution is 2.22. The number of unbranched alkanes of at least 4 members (excludes halogenated alkanes) is 1.